The standard InChI is InChI=1S/C26H42N2O/c1-20(2)14-16-27(19-25(29)21(3)4)18-24-9-8-15-28(24)17-22-10-12-23(13-11-22)26(5,6)7/h8-13,15,20-21,25,29H,14,16-19H2,1-7H3. The molecule has 0 fully saturated rings. The van der Waals surface area contributed by atoms with Gasteiger partial charge < -0.3 is 9.67 Å². The largest absolute Gasteiger partial charge is 0.392 e. The van der Waals surface area contributed by atoms with Crippen molar-refractivity contribution in [1.82, 2.24) is 9.47 Å². The second kappa shape index (κ2) is 10.4. The molecule has 1 aromatic carbocycles. The van der Waals surface area contributed by atoms with Crippen LogP contribution in [0.3, 0.4) is 0 Å². The maximum Gasteiger partial charge on any atom is 0.0690 e. The molecule has 0 aliphatic heterocycles. The van der Waals surface area contributed by atoms with Crippen LogP contribution in [0.15, 0.2) is 42.6 Å². The van der Waals surface area contributed by atoms with Gasteiger partial charge in [0.2, 0.25) is 0 Å². The molecule has 0 aliphatic carbocycles. The number of aliphatic hydroxyl groups excluding tert-OH is 1. The van der Waals surface area contributed by atoms with Gasteiger partial charge in [0.05, 0.1) is 6.10 Å². The van der Waals surface area contributed by atoms with Crippen molar-refractivity contribution in [2.24, 2.45) is 11.8 Å². The van der Waals surface area contributed by atoms with Crippen LogP contribution in [0.2, 0.25) is 0 Å². The molecule has 2 rings (SSSR count). The van der Waals surface area contributed by atoms with Crippen LogP contribution in [0.5, 0.6) is 0 Å². The van der Waals surface area contributed by atoms with E-state index in [2.05, 4.69) is 101 Å². The van der Waals surface area contributed by atoms with Gasteiger partial charge >= 0.3 is 0 Å². The maximum absolute atomic E-state index is 10.4. The quantitative estimate of drug-likeness (QED) is 0.556. The normalized spacial score (nSPS) is 13.6. The number of nitrogens with zero attached hydrogens (tertiary/aromatic N) is 2. The van der Waals surface area contributed by atoms with Gasteiger partial charge in [-0.25, -0.2) is 0 Å². The van der Waals surface area contributed by atoms with E-state index in [4.69, 9.17) is 0 Å². The molecule has 3 nitrogen and oxygen atoms in total. The minimum absolute atomic E-state index is 0.186. The van der Waals surface area contributed by atoms with E-state index in [1.54, 1.807) is 0 Å². The molecule has 1 heterocycles. The van der Waals surface area contributed by atoms with Crippen LogP contribution in [0.25, 0.3) is 0 Å². The van der Waals surface area contributed by atoms with Crippen molar-refractivity contribution < 1.29 is 5.11 Å². The smallest absolute Gasteiger partial charge is 0.0690 e. The zero-order chi connectivity index (χ0) is 21.6. The first-order valence-electron chi connectivity index (χ1n) is 11.2. The van der Waals surface area contributed by atoms with Crippen LogP contribution < -0.4 is 0 Å². The van der Waals surface area contributed by atoms with E-state index in [0.29, 0.717) is 5.92 Å². The lowest BCUT2D eigenvalue weighted by Crippen LogP contribution is -2.36. The van der Waals surface area contributed by atoms with Gasteiger partial charge in [-0.3, -0.25) is 4.90 Å². The number of hydrogen-bond donors (Lipinski definition) is 1. The average Bonchev–Trinajstić information content (AvgIpc) is 3.05. The number of aliphatic hydroxyl groups is 1. The molecule has 29 heavy (non-hydrogen) atoms. The number of rotatable bonds is 10. The van der Waals surface area contributed by atoms with Crippen molar-refractivity contribution in [3.05, 3.63) is 59.4 Å². The van der Waals surface area contributed by atoms with Gasteiger partial charge in [0.15, 0.2) is 0 Å². The summed E-state index contributed by atoms with van der Waals surface area (Å²) >= 11 is 0. The van der Waals surface area contributed by atoms with Gasteiger partial charge in [-0.2, -0.15) is 0 Å². The summed E-state index contributed by atoms with van der Waals surface area (Å²) in [6, 6.07) is 13.4. The Morgan fingerprint density at radius 3 is 2.21 bits per heavy atom. The molecule has 162 valence electrons. The molecule has 1 unspecified atom stereocenters. The molecule has 2 aromatic rings. The highest BCUT2D eigenvalue weighted by molar-refractivity contribution is 5.28. The van der Waals surface area contributed by atoms with E-state index in [-0.39, 0.29) is 17.4 Å². The Morgan fingerprint density at radius 1 is 1.00 bits per heavy atom. The summed E-state index contributed by atoms with van der Waals surface area (Å²) in [5.41, 5.74) is 4.19. The molecule has 0 spiro atoms. The lowest BCUT2D eigenvalue weighted by Gasteiger charge is -2.28. The van der Waals surface area contributed by atoms with E-state index < -0.39 is 0 Å². The van der Waals surface area contributed by atoms with E-state index in [0.717, 1.165) is 32.6 Å². The molecule has 0 saturated heterocycles. The first kappa shape index (κ1) is 23.7. The van der Waals surface area contributed by atoms with E-state index in [1.807, 2.05) is 0 Å². The third-order valence-corrected chi connectivity index (χ3v) is 5.72. The fourth-order valence-electron chi connectivity index (χ4n) is 3.43. The number of hydrogen-bond acceptors (Lipinski definition) is 2. The summed E-state index contributed by atoms with van der Waals surface area (Å²) in [6.07, 6.45) is 3.04. The Kier molecular flexibility index (Phi) is 8.54. The Balaban J connectivity index is 2.09. The molecule has 1 N–H and O–H groups in total. The number of aromatic nitrogens is 1. The fourth-order valence-corrected chi connectivity index (χ4v) is 3.43. The molecule has 0 amide bonds. The molecular formula is C26H42N2O. The first-order chi connectivity index (χ1) is 13.6. The third kappa shape index (κ3) is 7.64. The second-order valence-electron chi connectivity index (χ2n) is 10.3. The Labute approximate surface area is 178 Å². The predicted octanol–water partition coefficient (Wildman–Crippen LogP) is 5.70. The van der Waals surface area contributed by atoms with Crippen LogP contribution in [0.1, 0.15) is 71.7 Å². The number of benzene rings is 1. The summed E-state index contributed by atoms with van der Waals surface area (Å²) < 4.78 is 2.34. The first-order valence-corrected chi connectivity index (χ1v) is 11.2. The van der Waals surface area contributed by atoms with Crippen LogP contribution in [0, 0.1) is 11.8 Å². The van der Waals surface area contributed by atoms with Crippen LogP contribution in [-0.2, 0) is 18.5 Å². The molecule has 0 radical (unpaired) electrons. The second-order valence-corrected chi connectivity index (χ2v) is 10.3. The Morgan fingerprint density at radius 2 is 1.66 bits per heavy atom. The molecule has 0 aliphatic rings. The van der Waals surface area contributed by atoms with Crippen LogP contribution >= 0.6 is 0 Å². The molecule has 1 aromatic heterocycles. The Hall–Kier alpha value is -1.58. The zero-order valence-corrected chi connectivity index (χ0v) is 19.7. The lowest BCUT2D eigenvalue weighted by atomic mass is 9.87. The van der Waals surface area contributed by atoms with Gasteiger partial charge in [0.1, 0.15) is 0 Å². The summed E-state index contributed by atoms with van der Waals surface area (Å²) in [4.78, 5) is 2.42. The SMILES string of the molecule is CC(C)CCN(Cc1cccn1Cc1ccc(C(C)(C)C)cc1)CC(O)C(C)C. The van der Waals surface area contributed by atoms with Crippen LogP contribution in [0.4, 0.5) is 0 Å². The molecule has 1 atom stereocenters. The van der Waals surface area contributed by atoms with Crippen molar-refractivity contribution in [1.29, 1.82) is 0 Å². The third-order valence-electron chi connectivity index (χ3n) is 5.72. The van der Waals surface area contributed by atoms with Crippen molar-refractivity contribution in [3.63, 3.8) is 0 Å². The van der Waals surface area contributed by atoms with Crippen molar-refractivity contribution in [2.75, 3.05) is 13.1 Å². The lowest BCUT2D eigenvalue weighted by molar-refractivity contribution is 0.0702. The summed E-state index contributed by atoms with van der Waals surface area (Å²) in [6.45, 7) is 19.0. The molecular weight excluding hydrogens is 356 g/mol. The zero-order valence-electron chi connectivity index (χ0n) is 19.7. The average molecular weight is 399 g/mol. The molecule has 0 bridgehead atoms. The van der Waals surface area contributed by atoms with Crippen molar-refractivity contribution >= 4 is 0 Å². The summed E-state index contributed by atoms with van der Waals surface area (Å²) in [5, 5.41) is 10.4. The minimum atomic E-state index is -0.282. The highest BCUT2D eigenvalue weighted by Gasteiger charge is 2.17. The van der Waals surface area contributed by atoms with Gasteiger partial charge in [-0.05, 0) is 53.5 Å². The van der Waals surface area contributed by atoms with Gasteiger partial charge in [0, 0.05) is 31.5 Å². The highest BCUT2D eigenvalue weighted by atomic mass is 16.3. The van der Waals surface area contributed by atoms with Crippen molar-refractivity contribution in [3.8, 4) is 0 Å². The maximum atomic E-state index is 10.4. The predicted molar refractivity (Wildman–Crippen MR) is 124 cm³/mol. The summed E-state index contributed by atoms with van der Waals surface area (Å²) in [7, 11) is 0. The molecule has 3 heteroatoms. The van der Waals surface area contributed by atoms with Crippen LogP contribution in [-0.4, -0.2) is 33.8 Å². The van der Waals surface area contributed by atoms with Gasteiger partial charge in [0.25, 0.3) is 0 Å². The topological polar surface area (TPSA) is 28.4 Å². The monoisotopic (exact) mass is 398 g/mol. The highest BCUT2D eigenvalue weighted by Crippen LogP contribution is 2.23. The fraction of sp³-hybridized carbons (Fsp3) is 0.615. The van der Waals surface area contributed by atoms with E-state index in [1.165, 1.54) is 16.8 Å². The summed E-state index contributed by atoms with van der Waals surface area (Å²) in [5.74, 6) is 0.950. The van der Waals surface area contributed by atoms with Gasteiger partial charge in [-0.15, -0.1) is 0 Å². The molecule has 0 saturated carbocycles. The Bertz CT molecular complexity index is 722. The van der Waals surface area contributed by atoms with E-state index >= 15 is 0 Å². The van der Waals surface area contributed by atoms with Gasteiger partial charge in [-0.1, -0.05) is 72.7 Å². The minimum Gasteiger partial charge on any atom is -0.392 e. The van der Waals surface area contributed by atoms with E-state index in [9.17, 15) is 5.11 Å². The van der Waals surface area contributed by atoms with Crippen molar-refractivity contribution in [2.45, 2.75) is 79.5 Å².